The molecule has 0 saturated carbocycles. The van der Waals surface area contributed by atoms with Crippen LogP contribution < -0.4 is 10.9 Å². The summed E-state index contributed by atoms with van der Waals surface area (Å²) in [6, 6.07) is 7.28. The second-order valence-electron chi connectivity index (χ2n) is 7.55. The van der Waals surface area contributed by atoms with Crippen LogP contribution in [-0.4, -0.2) is 43.5 Å². The molecule has 3 aromatic heterocycles. The Morgan fingerprint density at radius 3 is 3.06 bits per heavy atom. The number of thiophene rings is 1. The third kappa shape index (κ3) is 3.92. The van der Waals surface area contributed by atoms with Gasteiger partial charge in [0.15, 0.2) is 5.16 Å². The summed E-state index contributed by atoms with van der Waals surface area (Å²) in [5, 5.41) is 14.5. The van der Waals surface area contributed by atoms with Crippen molar-refractivity contribution in [3.63, 3.8) is 0 Å². The Labute approximate surface area is 196 Å². The first kappa shape index (κ1) is 21.4. The second kappa shape index (κ2) is 8.86. The van der Waals surface area contributed by atoms with Crippen molar-refractivity contribution in [2.24, 2.45) is 0 Å². The highest BCUT2D eigenvalue weighted by Gasteiger charge is 2.23. The Kier molecular flexibility index (Phi) is 5.93. The maximum atomic E-state index is 13.1. The lowest BCUT2D eigenvalue weighted by molar-refractivity contribution is -0.113. The van der Waals surface area contributed by atoms with Crippen molar-refractivity contribution in [3.8, 4) is 0 Å². The lowest BCUT2D eigenvalue weighted by Crippen LogP contribution is -2.28. The molecule has 0 aliphatic carbocycles. The average molecular weight is 490 g/mol. The summed E-state index contributed by atoms with van der Waals surface area (Å²) in [6.45, 7) is 3.01. The Bertz CT molecular complexity index is 1370. The molecule has 11 heteroatoms. The monoisotopic (exact) mass is 489 g/mol. The van der Waals surface area contributed by atoms with E-state index in [4.69, 9.17) is 16.3 Å². The third-order valence-electron chi connectivity index (χ3n) is 5.47. The van der Waals surface area contributed by atoms with E-state index in [1.165, 1.54) is 23.1 Å². The Morgan fingerprint density at radius 1 is 1.38 bits per heavy atom. The molecule has 0 bridgehead atoms. The first-order valence-electron chi connectivity index (χ1n) is 10.2. The van der Waals surface area contributed by atoms with Gasteiger partial charge in [-0.05, 0) is 48.9 Å². The van der Waals surface area contributed by atoms with Gasteiger partial charge < -0.3 is 10.1 Å². The number of anilines is 1. The van der Waals surface area contributed by atoms with Crippen molar-refractivity contribution in [1.29, 1.82) is 0 Å². The SMILES string of the molecule is Cc1c(Cl)cccc1NC(=O)CSc1nnc2n(C[C@H]3CCCO3)c(=O)c3sccc3n12. The lowest BCUT2D eigenvalue weighted by Gasteiger charge is -2.13. The number of carbonyl (C=O) groups excluding carboxylic acids is 1. The summed E-state index contributed by atoms with van der Waals surface area (Å²) in [7, 11) is 0. The molecule has 32 heavy (non-hydrogen) atoms. The first-order chi connectivity index (χ1) is 15.5. The number of rotatable bonds is 6. The largest absolute Gasteiger partial charge is 0.376 e. The van der Waals surface area contributed by atoms with Gasteiger partial charge in [-0.1, -0.05) is 29.4 Å². The average Bonchev–Trinajstić information content (AvgIpc) is 3.53. The highest BCUT2D eigenvalue weighted by molar-refractivity contribution is 7.99. The van der Waals surface area contributed by atoms with Gasteiger partial charge in [-0.15, -0.1) is 21.5 Å². The number of nitrogens with one attached hydrogen (secondary N) is 1. The van der Waals surface area contributed by atoms with Gasteiger partial charge in [0.05, 0.1) is 23.9 Å². The zero-order valence-electron chi connectivity index (χ0n) is 17.2. The van der Waals surface area contributed by atoms with E-state index < -0.39 is 0 Å². The molecule has 1 N–H and O–H groups in total. The van der Waals surface area contributed by atoms with Gasteiger partial charge in [0.25, 0.3) is 5.56 Å². The smallest absolute Gasteiger partial charge is 0.272 e. The number of amides is 1. The molecule has 1 aliphatic rings. The van der Waals surface area contributed by atoms with Crippen LogP contribution in [-0.2, 0) is 16.1 Å². The van der Waals surface area contributed by atoms with Gasteiger partial charge >= 0.3 is 0 Å². The second-order valence-corrected chi connectivity index (χ2v) is 9.82. The number of nitrogens with zero attached hydrogens (tertiary/aromatic N) is 4. The fourth-order valence-corrected chi connectivity index (χ4v) is 5.55. The van der Waals surface area contributed by atoms with E-state index >= 15 is 0 Å². The number of thioether (sulfide) groups is 1. The van der Waals surface area contributed by atoms with Crippen LogP contribution in [0.5, 0.6) is 0 Å². The summed E-state index contributed by atoms with van der Waals surface area (Å²) < 4.78 is 9.86. The van der Waals surface area contributed by atoms with Crippen LogP contribution in [0.2, 0.25) is 5.02 Å². The van der Waals surface area contributed by atoms with E-state index in [1.54, 1.807) is 16.7 Å². The van der Waals surface area contributed by atoms with E-state index in [0.717, 1.165) is 23.9 Å². The van der Waals surface area contributed by atoms with Gasteiger partial charge in [0.1, 0.15) is 4.70 Å². The fraction of sp³-hybridized carbons (Fsp3) is 0.333. The van der Waals surface area contributed by atoms with Gasteiger partial charge in [-0.2, -0.15) is 0 Å². The normalized spacial score (nSPS) is 16.2. The van der Waals surface area contributed by atoms with Gasteiger partial charge in [0, 0.05) is 17.3 Å². The number of halogens is 1. The molecule has 8 nitrogen and oxygen atoms in total. The summed E-state index contributed by atoms with van der Waals surface area (Å²) in [4.78, 5) is 25.7. The number of fused-ring (bicyclic) bond motifs is 3. The molecule has 4 heterocycles. The standard InChI is InChI=1S/C21H20ClN5O3S2/c1-12-14(22)5-2-6-15(12)23-17(28)11-32-21-25-24-20-26(10-13-4-3-8-30-13)19(29)18-16(27(20)21)7-9-31-18/h2,5-7,9,13H,3-4,8,10-11H2,1H3,(H,23,28)/t13-/m1/s1. The fourth-order valence-electron chi connectivity index (χ4n) is 3.81. The molecule has 1 aliphatic heterocycles. The predicted molar refractivity (Wildman–Crippen MR) is 127 cm³/mol. The van der Waals surface area contributed by atoms with Gasteiger partial charge in [0.2, 0.25) is 11.7 Å². The molecular formula is C21H20ClN5O3S2. The minimum Gasteiger partial charge on any atom is -0.376 e. The van der Waals surface area contributed by atoms with Crippen molar-refractivity contribution in [1.82, 2.24) is 19.2 Å². The molecule has 4 aromatic rings. The van der Waals surface area contributed by atoms with Crippen LogP contribution in [0.25, 0.3) is 16.0 Å². The third-order valence-corrected chi connectivity index (χ3v) is 7.70. The summed E-state index contributed by atoms with van der Waals surface area (Å²) in [5.74, 6) is 0.430. The number of hydrogen-bond donors (Lipinski definition) is 1. The number of aromatic nitrogens is 4. The summed E-state index contributed by atoms with van der Waals surface area (Å²) in [5.41, 5.74) is 2.16. The quantitative estimate of drug-likeness (QED) is 0.412. The van der Waals surface area contributed by atoms with Crippen LogP contribution >= 0.6 is 34.7 Å². The molecule has 5 rings (SSSR count). The zero-order chi connectivity index (χ0) is 22.2. The van der Waals surface area contributed by atoms with E-state index in [2.05, 4.69) is 15.5 Å². The molecule has 1 fully saturated rings. The Morgan fingerprint density at radius 2 is 2.25 bits per heavy atom. The Hall–Kier alpha value is -2.40. The minimum absolute atomic E-state index is 0.00608. The molecule has 1 aromatic carbocycles. The van der Waals surface area contributed by atoms with Crippen molar-refractivity contribution < 1.29 is 9.53 Å². The van der Waals surface area contributed by atoms with Crippen molar-refractivity contribution in [2.75, 3.05) is 17.7 Å². The predicted octanol–water partition coefficient (Wildman–Crippen LogP) is 3.98. The Balaban J connectivity index is 1.43. The number of benzene rings is 1. The van der Waals surface area contributed by atoms with Crippen molar-refractivity contribution in [3.05, 3.63) is 50.6 Å². The van der Waals surface area contributed by atoms with Crippen LogP contribution in [0.1, 0.15) is 18.4 Å². The number of carbonyl (C=O) groups is 1. The van der Waals surface area contributed by atoms with Crippen LogP contribution in [0.4, 0.5) is 5.69 Å². The topological polar surface area (TPSA) is 90.5 Å². The highest BCUT2D eigenvalue weighted by Crippen LogP contribution is 2.26. The van der Waals surface area contributed by atoms with Gasteiger partial charge in [-0.3, -0.25) is 18.6 Å². The van der Waals surface area contributed by atoms with Crippen LogP contribution in [0, 0.1) is 6.92 Å². The van der Waals surface area contributed by atoms with E-state index in [-0.39, 0.29) is 23.3 Å². The molecular weight excluding hydrogens is 470 g/mol. The van der Waals surface area contributed by atoms with E-state index in [1.807, 2.05) is 28.8 Å². The summed E-state index contributed by atoms with van der Waals surface area (Å²) >= 11 is 8.80. The molecule has 0 spiro atoms. The first-order valence-corrected chi connectivity index (χ1v) is 12.4. The maximum absolute atomic E-state index is 13.1. The van der Waals surface area contributed by atoms with Crippen LogP contribution in [0.3, 0.4) is 0 Å². The van der Waals surface area contributed by atoms with E-state index in [9.17, 15) is 9.59 Å². The molecule has 1 atom stereocenters. The van der Waals surface area contributed by atoms with Crippen molar-refractivity contribution >= 4 is 62.3 Å². The number of hydrogen-bond acceptors (Lipinski definition) is 7. The molecule has 1 saturated heterocycles. The molecule has 0 unspecified atom stereocenters. The lowest BCUT2D eigenvalue weighted by atomic mass is 10.2. The van der Waals surface area contributed by atoms with E-state index in [0.29, 0.717) is 39.5 Å². The van der Waals surface area contributed by atoms with Crippen molar-refractivity contribution in [2.45, 2.75) is 37.6 Å². The van der Waals surface area contributed by atoms with Gasteiger partial charge in [-0.25, -0.2) is 0 Å². The summed E-state index contributed by atoms with van der Waals surface area (Å²) in [6.07, 6.45) is 1.90. The number of ether oxygens (including phenoxy) is 1. The molecule has 166 valence electrons. The maximum Gasteiger partial charge on any atom is 0.272 e. The van der Waals surface area contributed by atoms with Crippen LogP contribution in [0.15, 0.2) is 39.6 Å². The highest BCUT2D eigenvalue weighted by atomic mass is 35.5. The molecule has 0 radical (unpaired) electrons. The minimum atomic E-state index is -0.175. The molecule has 1 amide bonds. The zero-order valence-corrected chi connectivity index (χ0v) is 19.6.